The molecule has 0 saturated carbocycles. The molecule has 4 heteroatoms. The van der Waals surface area contributed by atoms with Gasteiger partial charge in [0.25, 0.3) is 0 Å². The molecule has 1 aromatic rings. The van der Waals surface area contributed by atoms with Crippen LogP contribution in [0.2, 0.25) is 0 Å². The molecule has 1 atom stereocenters. The van der Waals surface area contributed by atoms with Crippen molar-refractivity contribution in [2.75, 3.05) is 19.7 Å². The van der Waals surface area contributed by atoms with Crippen molar-refractivity contribution in [2.24, 2.45) is 0 Å². The van der Waals surface area contributed by atoms with Crippen molar-refractivity contribution in [1.29, 1.82) is 0 Å². The summed E-state index contributed by atoms with van der Waals surface area (Å²) in [4.78, 5) is 0. The molecule has 1 unspecified atom stereocenters. The Hall–Kier alpha value is -0.250. The Morgan fingerprint density at radius 3 is 2.65 bits per heavy atom. The molecule has 1 N–H and O–H groups in total. The Kier molecular flexibility index (Phi) is 7.65. The molecule has 0 amide bonds. The number of ether oxygens (including phenoxy) is 1. The van der Waals surface area contributed by atoms with Crippen LogP contribution in [0, 0.1) is 0 Å². The Morgan fingerprint density at radius 2 is 2.00 bits per heavy atom. The molecule has 0 saturated heterocycles. The third kappa shape index (κ3) is 7.63. The summed E-state index contributed by atoms with van der Waals surface area (Å²) in [5.41, 5.74) is 0. The van der Waals surface area contributed by atoms with Crippen LogP contribution in [0.1, 0.15) is 19.8 Å². The third-order valence-corrected chi connectivity index (χ3v) is 3.06. The van der Waals surface area contributed by atoms with Gasteiger partial charge in [-0.3, -0.25) is 0 Å². The van der Waals surface area contributed by atoms with Crippen LogP contribution in [0.3, 0.4) is 0 Å². The number of alkyl halides is 1. The first-order valence-electron chi connectivity index (χ1n) is 5.91. The van der Waals surface area contributed by atoms with Crippen LogP contribution in [0.5, 0.6) is 5.75 Å². The maximum Gasteiger partial charge on any atom is 0.119 e. The summed E-state index contributed by atoms with van der Waals surface area (Å²) in [7, 11) is 0. The lowest BCUT2D eigenvalue weighted by molar-refractivity contribution is 0.313. The van der Waals surface area contributed by atoms with E-state index >= 15 is 0 Å². The maximum atomic E-state index is 5.85. The van der Waals surface area contributed by atoms with Crippen LogP contribution in [0.25, 0.3) is 0 Å². The monoisotopic (exact) mass is 319 g/mol. The number of benzene rings is 1. The summed E-state index contributed by atoms with van der Waals surface area (Å²) in [6.45, 7) is 4.59. The Bertz CT molecular complexity index is 303. The van der Waals surface area contributed by atoms with Gasteiger partial charge in [-0.05, 0) is 50.6 Å². The minimum atomic E-state index is 0.274. The Labute approximate surface area is 117 Å². The Balaban J connectivity index is 1.99. The van der Waals surface area contributed by atoms with E-state index in [0.717, 1.165) is 36.2 Å². The standard InChI is InChI=1S/C13H19BrClNO/c1-11(15)3-2-8-16-9-10-17-13-6-4-12(14)5-7-13/h4-7,11,16H,2-3,8-10H2,1H3. The SMILES string of the molecule is CC(Cl)CCCNCCOc1ccc(Br)cc1. The van der Waals surface area contributed by atoms with E-state index in [1.165, 1.54) is 0 Å². The van der Waals surface area contributed by atoms with Crippen LogP contribution in [-0.2, 0) is 0 Å². The van der Waals surface area contributed by atoms with Crippen molar-refractivity contribution in [3.8, 4) is 5.75 Å². The zero-order valence-corrected chi connectivity index (χ0v) is 12.4. The lowest BCUT2D eigenvalue weighted by atomic mass is 10.2. The van der Waals surface area contributed by atoms with Crippen LogP contribution >= 0.6 is 27.5 Å². The van der Waals surface area contributed by atoms with E-state index in [9.17, 15) is 0 Å². The first-order valence-corrected chi connectivity index (χ1v) is 7.14. The average molecular weight is 321 g/mol. The van der Waals surface area contributed by atoms with Crippen molar-refractivity contribution in [1.82, 2.24) is 5.32 Å². The zero-order valence-electron chi connectivity index (χ0n) is 10.1. The van der Waals surface area contributed by atoms with Gasteiger partial charge >= 0.3 is 0 Å². The number of nitrogens with one attached hydrogen (secondary N) is 1. The Morgan fingerprint density at radius 1 is 1.29 bits per heavy atom. The van der Waals surface area contributed by atoms with Crippen molar-refractivity contribution in [3.05, 3.63) is 28.7 Å². The van der Waals surface area contributed by atoms with Crippen LogP contribution in [-0.4, -0.2) is 25.1 Å². The van der Waals surface area contributed by atoms with E-state index in [4.69, 9.17) is 16.3 Å². The molecule has 0 heterocycles. The lowest BCUT2D eigenvalue weighted by Gasteiger charge is -2.08. The molecule has 0 aliphatic rings. The highest BCUT2D eigenvalue weighted by molar-refractivity contribution is 9.10. The fraction of sp³-hybridized carbons (Fsp3) is 0.538. The molecule has 0 aliphatic heterocycles. The zero-order chi connectivity index (χ0) is 12.5. The summed E-state index contributed by atoms with van der Waals surface area (Å²) in [5.74, 6) is 0.907. The molecule has 1 rings (SSSR count). The highest BCUT2D eigenvalue weighted by Gasteiger charge is 1.96. The highest BCUT2D eigenvalue weighted by Crippen LogP contribution is 2.15. The quantitative estimate of drug-likeness (QED) is 0.581. The topological polar surface area (TPSA) is 21.3 Å². The van der Waals surface area contributed by atoms with E-state index in [2.05, 4.69) is 21.2 Å². The van der Waals surface area contributed by atoms with Crippen molar-refractivity contribution >= 4 is 27.5 Å². The lowest BCUT2D eigenvalue weighted by Crippen LogP contribution is -2.22. The third-order valence-electron chi connectivity index (χ3n) is 2.32. The van der Waals surface area contributed by atoms with E-state index < -0.39 is 0 Å². The summed E-state index contributed by atoms with van der Waals surface area (Å²) >= 11 is 9.24. The second-order valence-corrected chi connectivity index (χ2v) is 5.64. The molecular formula is C13H19BrClNO. The number of rotatable bonds is 8. The van der Waals surface area contributed by atoms with E-state index in [-0.39, 0.29) is 5.38 Å². The van der Waals surface area contributed by atoms with E-state index in [0.29, 0.717) is 6.61 Å². The van der Waals surface area contributed by atoms with Gasteiger partial charge in [0.05, 0.1) is 0 Å². The number of hydrogen-bond acceptors (Lipinski definition) is 2. The van der Waals surface area contributed by atoms with Crippen molar-refractivity contribution in [3.63, 3.8) is 0 Å². The average Bonchev–Trinajstić information content (AvgIpc) is 2.30. The second-order valence-electron chi connectivity index (χ2n) is 3.98. The molecule has 0 bridgehead atoms. The van der Waals surface area contributed by atoms with Crippen molar-refractivity contribution in [2.45, 2.75) is 25.1 Å². The molecule has 0 spiro atoms. The molecule has 2 nitrogen and oxygen atoms in total. The van der Waals surface area contributed by atoms with Gasteiger partial charge in [0.1, 0.15) is 12.4 Å². The summed E-state index contributed by atoms with van der Waals surface area (Å²) in [6, 6.07) is 7.87. The van der Waals surface area contributed by atoms with Gasteiger partial charge in [-0.2, -0.15) is 0 Å². The molecular weight excluding hydrogens is 302 g/mol. The highest BCUT2D eigenvalue weighted by atomic mass is 79.9. The second kappa shape index (κ2) is 8.78. The predicted molar refractivity (Wildman–Crippen MR) is 77.1 cm³/mol. The van der Waals surface area contributed by atoms with Crippen LogP contribution in [0.15, 0.2) is 28.7 Å². The van der Waals surface area contributed by atoms with Gasteiger partial charge in [0, 0.05) is 16.4 Å². The molecule has 0 fully saturated rings. The van der Waals surface area contributed by atoms with Crippen molar-refractivity contribution < 1.29 is 4.74 Å². The fourth-order valence-corrected chi connectivity index (χ4v) is 1.82. The van der Waals surface area contributed by atoms with E-state index in [1.807, 2.05) is 31.2 Å². The first-order chi connectivity index (χ1) is 8.18. The van der Waals surface area contributed by atoms with Crippen LogP contribution in [0.4, 0.5) is 0 Å². The molecule has 96 valence electrons. The van der Waals surface area contributed by atoms with Gasteiger partial charge in [0.15, 0.2) is 0 Å². The first kappa shape index (κ1) is 14.8. The van der Waals surface area contributed by atoms with E-state index in [1.54, 1.807) is 0 Å². The van der Waals surface area contributed by atoms with Gasteiger partial charge in [-0.25, -0.2) is 0 Å². The molecule has 0 aromatic heterocycles. The summed E-state index contributed by atoms with van der Waals surface area (Å²) in [5, 5.41) is 3.60. The number of halogens is 2. The predicted octanol–water partition coefficient (Wildman–Crippen LogP) is 3.83. The van der Waals surface area contributed by atoms with Gasteiger partial charge in [-0.15, -0.1) is 11.6 Å². The van der Waals surface area contributed by atoms with Gasteiger partial charge < -0.3 is 10.1 Å². The molecule has 0 radical (unpaired) electrons. The summed E-state index contributed by atoms with van der Waals surface area (Å²) < 4.78 is 6.65. The largest absolute Gasteiger partial charge is 0.492 e. The van der Waals surface area contributed by atoms with Gasteiger partial charge in [-0.1, -0.05) is 15.9 Å². The normalized spacial score (nSPS) is 12.4. The maximum absolute atomic E-state index is 5.85. The fourth-order valence-electron chi connectivity index (χ4n) is 1.41. The minimum absolute atomic E-state index is 0.274. The van der Waals surface area contributed by atoms with Crippen LogP contribution < -0.4 is 10.1 Å². The smallest absolute Gasteiger partial charge is 0.119 e. The number of hydrogen-bond donors (Lipinski definition) is 1. The molecule has 17 heavy (non-hydrogen) atoms. The molecule has 0 aliphatic carbocycles. The minimum Gasteiger partial charge on any atom is -0.492 e. The summed E-state index contributed by atoms with van der Waals surface area (Å²) in [6.07, 6.45) is 2.17. The van der Waals surface area contributed by atoms with Gasteiger partial charge in [0.2, 0.25) is 0 Å². The molecule has 1 aromatic carbocycles.